The number of thioether (sulfide) groups is 1. The van der Waals surface area contributed by atoms with E-state index >= 15 is 0 Å². The van der Waals surface area contributed by atoms with Gasteiger partial charge in [-0.1, -0.05) is 35.5 Å². The van der Waals surface area contributed by atoms with E-state index < -0.39 is 0 Å². The molecule has 148 valence electrons. The van der Waals surface area contributed by atoms with Gasteiger partial charge < -0.3 is 10.2 Å². The summed E-state index contributed by atoms with van der Waals surface area (Å²) in [5, 5.41) is 6.50. The fourth-order valence-electron chi connectivity index (χ4n) is 3.02. The number of anilines is 1. The number of nitrogens with zero attached hydrogens (tertiary/aromatic N) is 3. The van der Waals surface area contributed by atoms with Crippen LogP contribution in [0.2, 0.25) is 5.02 Å². The monoisotopic (exact) mass is 444 g/mol. The molecule has 0 radical (unpaired) electrons. The van der Waals surface area contributed by atoms with Gasteiger partial charge in [-0.25, -0.2) is 9.97 Å². The number of carbonyl (C=O) groups is 2. The van der Waals surface area contributed by atoms with Crippen LogP contribution in [0.25, 0.3) is 0 Å². The molecule has 0 saturated heterocycles. The Morgan fingerprint density at radius 1 is 1.31 bits per heavy atom. The summed E-state index contributed by atoms with van der Waals surface area (Å²) in [7, 11) is 1.73. The number of benzene rings is 1. The van der Waals surface area contributed by atoms with Crippen molar-refractivity contribution in [2.75, 3.05) is 11.9 Å². The Kier molecular flexibility index (Phi) is 5.84. The van der Waals surface area contributed by atoms with Crippen LogP contribution in [0.5, 0.6) is 0 Å². The zero-order chi connectivity index (χ0) is 20.4. The molecule has 1 aromatic carbocycles. The highest BCUT2D eigenvalue weighted by molar-refractivity contribution is 8.00. The number of aromatic nitrogens is 2. The lowest BCUT2D eigenvalue weighted by atomic mass is 10.1. The number of thiazole rings is 1. The standard InChI is InChI=1S/C20H17ClN4O2S2/c1-25-15-6-5-14(18(26)23-11-17-22-7-8-28-17)24-19(15)29-16(20(25)27)10-12-3-2-4-13(21)9-12/h2-9,16H,10-11H2,1H3,(H,23,26). The number of pyridine rings is 1. The van der Waals surface area contributed by atoms with Crippen molar-refractivity contribution >= 4 is 52.2 Å². The van der Waals surface area contributed by atoms with Crippen LogP contribution in [0.1, 0.15) is 21.1 Å². The number of amides is 2. The van der Waals surface area contributed by atoms with Gasteiger partial charge in [0.15, 0.2) is 0 Å². The number of nitrogens with one attached hydrogen (secondary N) is 1. The smallest absolute Gasteiger partial charge is 0.270 e. The highest BCUT2D eigenvalue weighted by atomic mass is 35.5. The second-order valence-corrected chi connectivity index (χ2v) is 9.07. The highest BCUT2D eigenvalue weighted by Gasteiger charge is 2.33. The van der Waals surface area contributed by atoms with Crippen LogP contribution in [0.4, 0.5) is 5.69 Å². The second-order valence-electron chi connectivity index (χ2n) is 6.47. The van der Waals surface area contributed by atoms with E-state index in [4.69, 9.17) is 11.6 Å². The lowest BCUT2D eigenvalue weighted by molar-refractivity contribution is -0.118. The Balaban J connectivity index is 1.52. The first-order valence-electron chi connectivity index (χ1n) is 8.87. The van der Waals surface area contributed by atoms with Crippen molar-refractivity contribution in [1.82, 2.24) is 15.3 Å². The van der Waals surface area contributed by atoms with E-state index in [-0.39, 0.29) is 17.1 Å². The average Bonchev–Trinajstić information content (AvgIpc) is 3.23. The van der Waals surface area contributed by atoms with E-state index in [0.29, 0.717) is 34.4 Å². The fourth-order valence-corrected chi connectivity index (χ4v) is 5.07. The molecule has 1 unspecified atom stereocenters. The Morgan fingerprint density at radius 2 is 2.17 bits per heavy atom. The molecule has 1 N–H and O–H groups in total. The van der Waals surface area contributed by atoms with Crippen molar-refractivity contribution in [3.63, 3.8) is 0 Å². The van der Waals surface area contributed by atoms with Crippen LogP contribution in [0, 0.1) is 0 Å². The third kappa shape index (κ3) is 4.44. The van der Waals surface area contributed by atoms with Gasteiger partial charge in [0.2, 0.25) is 5.91 Å². The lowest BCUT2D eigenvalue weighted by Crippen LogP contribution is -2.39. The molecule has 0 fully saturated rings. The number of hydrogen-bond acceptors (Lipinski definition) is 6. The predicted octanol–water partition coefficient (Wildman–Crippen LogP) is 3.80. The third-order valence-electron chi connectivity index (χ3n) is 4.49. The second kappa shape index (κ2) is 8.52. The summed E-state index contributed by atoms with van der Waals surface area (Å²) < 4.78 is 0. The molecule has 1 aliphatic heterocycles. The van der Waals surface area contributed by atoms with Crippen molar-refractivity contribution < 1.29 is 9.59 Å². The van der Waals surface area contributed by atoms with Gasteiger partial charge >= 0.3 is 0 Å². The van der Waals surface area contributed by atoms with E-state index in [0.717, 1.165) is 10.6 Å². The number of carbonyl (C=O) groups excluding carboxylic acids is 2. The van der Waals surface area contributed by atoms with Gasteiger partial charge in [0.25, 0.3) is 5.91 Å². The summed E-state index contributed by atoms with van der Waals surface area (Å²) in [5.74, 6) is -0.264. The lowest BCUT2D eigenvalue weighted by Gasteiger charge is -2.30. The van der Waals surface area contributed by atoms with Gasteiger partial charge in [0.05, 0.1) is 17.5 Å². The number of fused-ring (bicyclic) bond motifs is 1. The zero-order valence-electron chi connectivity index (χ0n) is 15.5. The van der Waals surface area contributed by atoms with Gasteiger partial charge in [-0.05, 0) is 36.2 Å². The van der Waals surface area contributed by atoms with Gasteiger partial charge in [-0.3, -0.25) is 9.59 Å². The first-order valence-corrected chi connectivity index (χ1v) is 11.0. The molecule has 3 heterocycles. The highest BCUT2D eigenvalue weighted by Crippen LogP contribution is 2.38. The molecule has 0 bridgehead atoms. The first kappa shape index (κ1) is 19.9. The van der Waals surface area contributed by atoms with E-state index in [9.17, 15) is 9.59 Å². The maximum absolute atomic E-state index is 12.8. The minimum atomic E-state index is -0.327. The molecule has 4 rings (SSSR count). The summed E-state index contributed by atoms with van der Waals surface area (Å²) in [5.41, 5.74) is 2.01. The quantitative estimate of drug-likeness (QED) is 0.647. The average molecular weight is 445 g/mol. The molecular weight excluding hydrogens is 428 g/mol. The molecule has 29 heavy (non-hydrogen) atoms. The van der Waals surface area contributed by atoms with Crippen LogP contribution in [0.3, 0.4) is 0 Å². The Hall–Kier alpha value is -2.42. The van der Waals surface area contributed by atoms with Crippen molar-refractivity contribution in [3.8, 4) is 0 Å². The molecule has 0 aliphatic carbocycles. The molecule has 0 spiro atoms. The van der Waals surface area contributed by atoms with E-state index in [1.54, 1.807) is 36.3 Å². The molecule has 1 aliphatic rings. The number of halogens is 1. The summed E-state index contributed by atoms with van der Waals surface area (Å²) >= 11 is 8.93. The SMILES string of the molecule is CN1C(=O)C(Cc2cccc(Cl)c2)Sc2nc(C(=O)NCc3nccs3)ccc21. The van der Waals surface area contributed by atoms with E-state index in [1.165, 1.54) is 23.1 Å². The van der Waals surface area contributed by atoms with Crippen molar-refractivity contribution in [2.45, 2.75) is 23.2 Å². The van der Waals surface area contributed by atoms with Crippen LogP contribution in [0.15, 0.2) is 53.0 Å². The molecule has 9 heteroatoms. The van der Waals surface area contributed by atoms with Crippen LogP contribution >= 0.6 is 34.7 Å². The largest absolute Gasteiger partial charge is 0.344 e. The maximum atomic E-state index is 12.8. The van der Waals surface area contributed by atoms with Gasteiger partial charge in [0.1, 0.15) is 15.7 Å². The Morgan fingerprint density at radius 3 is 2.93 bits per heavy atom. The topological polar surface area (TPSA) is 75.2 Å². The van der Waals surface area contributed by atoms with Gasteiger partial charge in [-0.2, -0.15) is 0 Å². The molecular formula is C20H17ClN4O2S2. The van der Waals surface area contributed by atoms with Gasteiger partial charge in [0, 0.05) is 23.6 Å². The summed E-state index contributed by atoms with van der Waals surface area (Å²) in [6.07, 6.45) is 2.24. The molecule has 2 amide bonds. The summed E-state index contributed by atoms with van der Waals surface area (Å²) in [4.78, 5) is 35.5. The van der Waals surface area contributed by atoms with Crippen molar-refractivity contribution in [2.24, 2.45) is 0 Å². The predicted molar refractivity (Wildman–Crippen MR) is 116 cm³/mol. The van der Waals surface area contributed by atoms with E-state index in [2.05, 4.69) is 15.3 Å². The van der Waals surface area contributed by atoms with Crippen LogP contribution < -0.4 is 10.2 Å². The summed E-state index contributed by atoms with van der Waals surface area (Å²) in [6.45, 7) is 0.359. The minimum absolute atomic E-state index is 0.00486. The maximum Gasteiger partial charge on any atom is 0.270 e. The van der Waals surface area contributed by atoms with Crippen molar-refractivity contribution in [3.05, 3.63) is 69.3 Å². The Labute approximate surface area is 181 Å². The van der Waals surface area contributed by atoms with Crippen LogP contribution in [-0.2, 0) is 17.8 Å². The third-order valence-corrected chi connectivity index (χ3v) is 6.68. The minimum Gasteiger partial charge on any atom is -0.344 e. The van der Waals surface area contributed by atoms with Crippen LogP contribution in [-0.4, -0.2) is 34.1 Å². The molecule has 2 aromatic heterocycles. The normalized spacial score (nSPS) is 15.9. The molecule has 1 atom stereocenters. The first-order chi connectivity index (χ1) is 14.0. The van der Waals surface area contributed by atoms with Crippen molar-refractivity contribution in [1.29, 1.82) is 0 Å². The zero-order valence-corrected chi connectivity index (χ0v) is 17.9. The van der Waals surface area contributed by atoms with Gasteiger partial charge in [-0.15, -0.1) is 11.3 Å². The summed E-state index contributed by atoms with van der Waals surface area (Å²) in [6, 6.07) is 10.9. The number of rotatable bonds is 5. The molecule has 6 nitrogen and oxygen atoms in total. The van der Waals surface area contributed by atoms with E-state index in [1.807, 2.05) is 23.6 Å². The molecule has 0 saturated carbocycles. The Bertz CT molecular complexity index is 1060. The number of hydrogen-bond donors (Lipinski definition) is 1. The molecule has 3 aromatic rings. The fraction of sp³-hybridized carbons (Fsp3) is 0.200.